The van der Waals surface area contributed by atoms with Gasteiger partial charge < -0.3 is 15.4 Å². The second-order valence-electron chi connectivity index (χ2n) is 6.79. The van der Waals surface area contributed by atoms with Gasteiger partial charge in [0.25, 0.3) is 0 Å². The van der Waals surface area contributed by atoms with E-state index in [0.29, 0.717) is 29.1 Å². The van der Waals surface area contributed by atoms with Crippen molar-refractivity contribution < 1.29 is 32.0 Å². The average molecular weight is 387 g/mol. The molecular weight excluding hydrogens is 370 g/mol. The predicted molar refractivity (Wildman–Crippen MR) is 85.1 cm³/mol. The van der Waals surface area contributed by atoms with E-state index in [4.69, 9.17) is 20.2 Å². The monoisotopic (exact) mass is 387 g/mol. The van der Waals surface area contributed by atoms with Gasteiger partial charge in [-0.2, -0.15) is 18.2 Å². The zero-order valence-corrected chi connectivity index (χ0v) is 14.2. The second-order valence-corrected chi connectivity index (χ2v) is 6.79. The van der Waals surface area contributed by atoms with E-state index < -0.39 is 12.1 Å². The maximum Gasteiger partial charge on any atom is 0.490 e. The lowest BCUT2D eigenvalue weighted by Gasteiger charge is -2.07. The van der Waals surface area contributed by atoms with Crippen LogP contribution in [0.25, 0.3) is 11.4 Å². The highest BCUT2D eigenvalue weighted by molar-refractivity contribution is 5.73. The van der Waals surface area contributed by atoms with Crippen molar-refractivity contribution in [3.05, 3.63) is 35.5 Å². The summed E-state index contributed by atoms with van der Waals surface area (Å²) in [5.74, 6) is -0.406. The average Bonchev–Trinajstić information content (AvgIpc) is 3.10. The maximum atomic E-state index is 13.4. The van der Waals surface area contributed by atoms with Crippen LogP contribution in [0, 0.1) is 24.6 Å². The van der Waals surface area contributed by atoms with Crippen molar-refractivity contribution in [2.24, 2.45) is 17.6 Å². The smallest absolute Gasteiger partial charge is 0.475 e. The van der Waals surface area contributed by atoms with E-state index in [1.165, 1.54) is 18.6 Å². The van der Waals surface area contributed by atoms with Crippen LogP contribution in [-0.4, -0.2) is 33.4 Å². The molecule has 1 heterocycles. The number of hydrogen-bond acceptors (Lipinski definition) is 5. The zero-order chi connectivity index (χ0) is 19.9. The van der Waals surface area contributed by atoms with Gasteiger partial charge in [0.05, 0.1) is 0 Å². The standard InChI is InChI=1S/C15H16FN3O.C2HF3O2/c1-7-2-3-8(16)4-9(7)14-18-15(20-19-14)12-6-13(17)11-5-10(11)12;3-2(4,5)1(6)7/h2-4,10-13H,5-6,17H2,1H3;(H,6,7)/t10-,11+,12-,13+;/m1./s1. The van der Waals surface area contributed by atoms with Crippen LogP contribution >= 0.6 is 0 Å². The van der Waals surface area contributed by atoms with Gasteiger partial charge in [-0.05, 0) is 49.3 Å². The third kappa shape index (κ3) is 4.10. The van der Waals surface area contributed by atoms with Gasteiger partial charge in [0, 0.05) is 17.5 Å². The molecule has 3 N–H and O–H groups in total. The highest BCUT2D eigenvalue weighted by atomic mass is 19.4. The van der Waals surface area contributed by atoms with Crippen LogP contribution in [0.1, 0.15) is 30.2 Å². The van der Waals surface area contributed by atoms with E-state index in [1.54, 1.807) is 6.07 Å². The Hall–Kier alpha value is -2.49. The van der Waals surface area contributed by atoms with E-state index in [-0.39, 0.29) is 17.8 Å². The van der Waals surface area contributed by atoms with Crippen molar-refractivity contribution in [2.45, 2.75) is 37.9 Å². The number of nitrogens with zero attached hydrogens (tertiary/aromatic N) is 2. The van der Waals surface area contributed by atoms with Gasteiger partial charge >= 0.3 is 12.1 Å². The molecule has 2 saturated carbocycles. The molecule has 10 heteroatoms. The summed E-state index contributed by atoms with van der Waals surface area (Å²) in [6.45, 7) is 1.91. The third-order valence-electron chi connectivity index (χ3n) is 4.93. The lowest BCUT2D eigenvalue weighted by molar-refractivity contribution is -0.192. The number of nitrogens with two attached hydrogens (primary N) is 1. The Morgan fingerprint density at radius 3 is 2.48 bits per heavy atom. The number of halogens is 4. The number of aryl methyl sites for hydroxylation is 1. The Morgan fingerprint density at radius 1 is 1.30 bits per heavy atom. The quantitative estimate of drug-likeness (QED) is 0.767. The summed E-state index contributed by atoms with van der Waals surface area (Å²) in [7, 11) is 0. The van der Waals surface area contributed by atoms with Crippen molar-refractivity contribution in [3.8, 4) is 11.4 Å². The number of alkyl halides is 3. The fraction of sp³-hybridized carbons (Fsp3) is 0.471. The van der Waals surface area contributed by atoms with Crippen molar-refractivity contribution in [1.82, 2.24) is 10.1 Å². The molecule has 2 aliphatic rings. The molecule has 1 aromatic heterocycles. The lowest BCUT2D eigenvalue weighted by atomic mass is 10.0. The highest BCUT2D eigenvalue weighted by Crippen LogP contribution is 2.58. The van der Waals surface area contributed by atoms with Gasteiger partial charge in [0.15, 0.2) is 0 Å². The lowest BCUT2D eigenvalue weighted by Crippen LogP contribution is -2.21. The number of carbonyl (C=O) groups is 1. The topological polar surface area (TPSA) is 102 Å². The number of fused-ring (bicyclic) bond motifs is 1. The van der Waals surface area contributed by atoms with Crippen molar-refractivity contribution in [2.75, 3.05) is 0 Å². The first-order valence-electron chi connectivity index (χ1n) is 8.23. The first kappa shape index (κ1) is 19.3. The molecule has 6 nitrogen and oxygen atoms in total. The molecule has 0 bridgehead atoms. The van der Waals surface area contributed by atoms with Crippen LogP contribution in [-0.2, 0) is 4.79 Å². The molecule has 2 aliphatic carbocycles. The Bertz CT molecular complexity index is 852. The largest absolute Gasteiger partial charge is 0.490 e. The number of hydrogen-bond donors (Lipinski definition) is 2. The normalized spacial score (nSPS) is 26.1. The van der Waals surface area contributed by atoms with Crippen molar-refractivity contribution in [1.29, 1.82) is 0 Å². The molecule has 0 aliphatic heterocycles. The summed E-state index contributed by atoms with van der Waals surface area (Å²) in [4.78, 5) is 13.4. The Morgan fingerprint density at radius 2 is 1.96 bits per heavy atom. The van der Waals surface area contributed by atoms with Crippen LogP contribution in [0.4, 0.5) is 17.6 Å². The first-order chi connectivity index (χ1) is 12.6. The number of carboxylic acids is 1. The van der Waals surface area contributed by atoms with Crippen molar-refractivity contribution >= 4 is 5.97 Å². The third-order valence-corrected chi connectivity index (χ3v) is 4.93. The molecule has 146 valence electrons. The van der Waals surface area contributed by atoms with Gasteiger partial charge in [-0.3, -0.25) is 0 Å². The molecule has 0 spiro atoms. The molecule has 0 amide bonds. The van der Waals surface area contributed by atoms with E-state index in [1.807, 2.05) is 6.92 Å². The van der Waals surface area contributed by atoms with E-state index in [0.717, 1.165) is 12.0 Å². The zero-order valence-electron chi connectivity index (χ0n) is 14.2. The minimum atomic E-state index is -5.08. The van der Waals surface area contributed by atoms with Crippen LogP contribution < -0.4 is 5.73 Å². The highest BCUT2D eigenvalue weighted by Gasteiger charge is 2.55. The summed E-state index contributed by atoms with van der Waals surface area (Å²) < 4.78 is 50.5. The minimum Gasteiger partial charge on any atom is -0.475 e. The molecule has 4 rings (SSSR count). The van der Waals surface area contributed by atoms with Gasteiger partial charge in [0.1, 0.15) is 5.82 Å². The van der Waals surface area contributed by atoms with Gasteiger partial charge in [-0.25, -0.2) is 9.18 Å². The molecule has 0 radical (unpaired) electrons. The van der Waals surface area contributed by atoms with Gasteiger partial charge in [-0.15, -0.1) is 0 Å². The molecule has 1 aromatic carbocycles. The minimum absolute atomic E-state index is 0.260. The van der Waals surface area contributed by atoms with E-state index in [9.17, 15) is 17.6 Å². The molecule has 0 saturated heterocycles. The number of carboxylic acid groups (broad SMARTS) is 1. The van der Waals surface area contributed by atoms with Crippen LogP contribution in [0.15, 0.2) is 22.7 Å². The summed E-state index contributed by atoms with van der Waals surface area (Å²) in [5.41, 5.74) is 7.70. The molecule has 2 fully saturated rings. The fourth-order valence-electron chi connectivity index (χ4n) is 3.45. The fourth-order valence-corrected chi connectivity index (χ4v) is 3.45. The van der Waals surface area contributed by atoms with E-state index in [2.05, 4.69) is 10.1 Å². The van der Waals surface area contributed by atoms with Gasteiger partial charge in [0.2, 0.25) is 11.7 Å². The molecule has 2 aromatic rings. The second kappa shape index (κ2) is 6.91. The predicted octanol–water partition coefficient (Wildman–Crippen LogP) is 3.27. The van der Waals surface area contributed by atoms with Crippen LogP contribution in [0.5, 0.6) is 0 Å². The Labute approximate surface area is 151 Å². The maximum absolute atomic E-state index is 13.4. The number of aliphatic carboxylic acids is 1. The number of aromatic nitrogens is 2. The summed E-state index contributed by atoms with van der Waals surface area (Å²) in [6.07, 6.45) is -3.00. The molecular formula is C17H17F4N3O3. The summed E-state index contributed by atoms with van der Waals surface area (Å²) >= 11 is 0. The number of rotatable bonds is 2. The van der Waals surface area contributed by atoms with E-state index >= 15 is 0 Å². The SMILES string of the molecule is Cc1ccc(F)cc1-c1noc([C@@H]2C[C@H](N)[C@H]3C[C@H]32)n1.O=C(O)C(F)(F)F. The van der Waals surface area contributed by atoms with Crippen molar-refractivity contribution in [3.63, 3.8) is 0 Å². The Kier molecular flexibility index (Phi) is 4.94. The van der Waals surface area contributed by atoms with Gasteiger partial charge in [-0.1, -0.05) is 11.2 Å². The van der Waals surface area contributed by atoms with Crippen LogP contribution in [0.3, 0.4) is 0 Å². The summed E-state index contributed by atoms with van der Waals surface area (Å²) in [6, 6.07) is 4.87. The molecule has 0 unspecified atom stereocenters. The Balaban J connectivity index is 0.000000260. The molecule has 27 heavy (non-hydrogen) atoms. The first-order valence-corrected chi connectivity index (χ1v) is 8.23. The number of benzene rings is 1. The summed E-state index contributed by atoms with van der Waals surface area (Å²) in [5, 5.41) is 11.1. The van der Waals surface area contributed by atoms with Crippen LogP contribution in [0.2, 0.25) is 0 Å². The molecule has 4 atom stereocenters.